The number of phenols is 1. The van der Waals surface area contributed by atoms with Gasteiger partial charge in [-0.25, -0.2) is 0 Å². The number of benzene rings is 2. The highest BCUT2D eigenvalue weighted by molar-refractivity contribution is 9.10. The van der Waals surface area contributed by atoms with Gasteiger partial charge in [-0.15, -0.1) is 0 Å². The van der Waals surface area contributed by atoms with E-state index >= 15 is 0 Å². The fourth-order valence-electron chi connectivity index (χ4n) is 3.31. The Morgan fingerprint density at radius 3 is 2.69 bits per heavy atom. The molecule has 1 aliphatic heterocycles. The summed E-state index contributed by atoms with van der Waals surface area (Å²) in [7, 11) is 3.05. The number of nitrogens with zero attached hydrogens (tertiary/aromatic N) is 1. The SMILES string of the molecule is COc1cc(C2c3c(oc4ccc(Br)cc4c3=O)C(=O)N2C)ccc1O. The van der Waals surface area contributed by atoms with E-state index in [-0.39, 0.29) is 34.2 Å². The first-order valence-corrected chi connectivity index (χ1v) is 8.62. The summed E-state index contributed by atoms with van der Waals surface area (Å²) in [6.07, 6.45) is 0. The Morgan fingerprint density at radius 1 is 1.19 bits per heavy atom. The van der Waals surface area contributed by atoms with Crippen molar-refractivity contribution in [1.82, 2.24) is 4.90 Å². The van der Waals surface area contributed by atoms with Crippen LogP contribution in [0, 0.1) is 0 Å². The molecule has 0 spiro atoms. The van der Waals surface area contributed by atoms with Crippen molar-refractivity contribution < 1.29 is 19.1 Å². The van der Waals surface area contributed by atoms with Gasteiger partial charge in [0, 0.05) is 11.5 Å². The van der Waals surface area contributed by atoms with Crippen LogP contribution >= 0.6 is 15.9 Å². The van der Waals surface area contributed by atoms with Crippen molar-refractivity contribution in [1.29, 1.82) is 0 Å². The molecule has 3 aromatic rings. The Labute approximate surface area is 156 Å². The normalized spacial score (nSPS) is 16.2. The van der Waals surface area contributed by atoms with Crippen LogP contribution in [0.1, 0.15) is 27.7 Å². The van der Waals surface area contributed by atoms with Crippen LogP contribution in [0.15, 0.2) is 50.1 Å². The maximum absolute atomic E-state index is 13.1. The molecule has 0 saturated carbocycles. The topological polar surface area (TPSA) is 80.0 Å². The Morgan fingerprint density at radius 2 is 1.96 bits per heavy atom. The molecule has 2 heterocycles. The number of rotatable bonds is 2. The number of hydrogen-bond acceptors (Lipinski definition) is 5. The van der Waals surface area contributed by atoms with Gasteiger partial charge in [-0.05, 0) is 35.9 Å². The Kier molecular flexibility index (Phi) is 3.77. The molecule has 7 heteroatoms. The quantitative estimate of drug-likeness (QED) is 0.693. The summed E-state index contributed by atoms with van der Waals surface area (Å²) < 4.78 is 11.7. The van der Waals surface area contributed by atoms with Gasteiger partial charge < -0.3 is 19.2 Å². The predicted molar refractivity (Wildman–Crippen MR) is 98.8 cm³/mol. The molecular formula is C19H14BrNO5. The molecule has 1 aliphatic rings. The largest absolute Gasteiger partial charge is 0.504 e. The molecule has 1 amide bonds. The minimum Gasteiger partial charge on any atom is -0.504 e. The van der Waals surface area contributed by atoms with Crippen molar-refractivity contribution in [2.45, 2.75) is 6.04 Å². The third kappa shape index (κ3) is 2.31. The van der Waals surface area contributed by atoms with Gasteiger partial charge in [-0.3, -0.25) is 9.59 Å². The van der Waals surface area contributed by atoms with Gasteiger partial charge in [0.2, 0.25) is 5.76 Å². The van der Waals surface area contributed by atoms with Gasteiger partial charge in [-0.1, -0.05) is 22.0 Å². The zero-order valence-electron chi connectivity index (χ0n) is 13.9. The second-order valence-corrected chi connectivity index (χ2v) is 6.98. The fourth-order valence-corrected chi connectivity index (χ4v) is 3.68. The minimum absolute atomic E-state index is 0.0158. The molecule has 6 nitrogen and oxygen atoms in total. The van der Waals surface area contributed by atoms with E-state index in [1.165, 1.54) is 18.1 Å². The number of ether oxygens (including phenoxy) is 1. The monoisotopic (exact) mass is 415 g/mol. The van der Waals surface area contributed by atoms with E-state index in [2.05, 4.69) is 15.9 Å². The summed E-state index contributed by atoms with van der Waals surface area (Å²) in [5.41, 5.74) is 1.05. The molecule has 1 aromatic heterocycles. The molecule has 1 N–H and O–H groups in total. The van der Waals surface area contributed by atoms with Gasteiger partial charge in [0.25, 0.3) is 5.91 Å². The third-order valence-electron chi connectivity index (χ3n) is 4.58. The molecule has 2 aromatic carbocycles. The van der Waals surface area contributed by atoms with Crippen molar-refractivity contribution in [2.75, 3.05) is 14.2 Å². The first kappa shape index (κ1) is 16.7. The van der Waals surface area contributed by atoms with E-state index in [9.17, 15) is 14.7 Å². The lowest BCUT2D eigenvalue weighted by Crippen LogP contribution is -2.25. The van der Waals surface area contributed by atoms with Crippen molar-refractivity contribution in [3.8, 4) is 11.5 Å². The number of carbonyl (C=O) groups is 1. The van der Waals surface area contributed by atoms with Gasteiger partial charge >= 0.3 is 0 Å². The van der Waals surface area contributed by atoms with Crippen molar-refractivity contribution in [2.24, 2.45) is 0 Å². The summed E-state index contributed by atoms with van der Waals surface area (Å²) in [5.74, 6) is -0.0639. The lowest BCUT2D eigenvalue weighted by Gasteiger charge is -2.21. The van der Waals surface area contributed by atoms with E-state index < -0.39 is 6.04 Å². The summed E-state index contributed by atoms with van der Waals surface area (Å²) in [4.78, 5) is 27.3. The first-order valence-electron chi connectivity index (χ1n) is 7.82. The van der Waals surface area contributed by atoms with Crippen LogP contribution in [0.2, 0.25) is 0 Å². The van der Waals surface area contributed by atoms with E-state index in [4.69, 9.17) is 9.15 Å². The number of amides is 1. The van der Waals surface area contributed by atoms with Crippen LogP contribution in [-0.4, -0.2) is 30.1 Å². The van der Waals surface area contributed by atoms with E-state index in [1.807, 2.05) is 0 Å². The van der Waals surface area contributed by atoms with Gasteiger partial charge in [0.15, 0.2) is 16.9 Å². The maximum Gasteiger partial charge on any atom is 0.290 e. The summed E-state index contributed by atoms with van der Waals surface area (Å²) in [6.45, 7) is 0. The molecule has 0 aliphatic carbocycles. The lowest BCUT2D eigenvalue weighted by molar-refractivity contribution is 0.0771. The summed E-state index contributed by atoms with van der Waals surface area (Å²) in [5, 5.41) is 10.2. The zero-order chi connectivity index (χ0) is 18.6. The average molecular weight is 416 g/mol. The van der Waals surface area contributed by atoms with Crippen LogP contribution in [0.25, 0.3) is 11.0 Å². The summed E-state index contributed by atoms with van der Waals surface area (Å²) >= 11 is 3.36. The van der Waals surface area contributed by atoms with Crippen LogP contribution in [0.3, 0.4) is 0 Å². The maximum atomic E-state index is 13.1. The molecule has 0 bridgehead atoms. The zero-order valence-corrected chi connectivity index (χ0v) is 15.5. The van der Waals surface area contributed by atoms with Crippen molar-refractivity contribution >= 4 is 32.8 Å². The third-order valence-corrected chi connectivity index (χ3v) is 5.08. The first-order chi connectivity index (χ1) is 12.4. The van der Waals surface area contributed by atoms with Crippen LogP contribution in [0.5, 0.6) is 11.5 Å². The minimum atomic E-state index is -0.619. The second kappa shape index (κ2) is 5.88. The van der Waals surface area contributed by atoms with Crippen LogP contribution < -0.4 is 10.2 Å². The average Bonchev–Trinajstić information content (AvgIpc) is 2.88. The summed E-state index contributed by atoms with van der Waals surface area (Å²) in [6, 6.07) is 9.22. The number of fused-ring (bicyclic) bond motifs is 2. The van der Waals surface area contributed by atoms with Crippen molar-refractivity contribution in [3.05, 3.63) is 68.0 Å². The molecule has 132 valence electrons. The van der Waals surface area contributed by atoms with Crippen LogP contribution in [-0.2, 0) is 0 Å². The molecule has 26 heavy (non-hydrogen) atoms. The highest BCUT2D eigenvalue weighted by Gasteiger charge is 2.40. The molecule has 4 rings (SSSR count). The Bertz CT molecular complexity index is 1120. The lowest BCUT2D eigenvalue weighted by atomic mass is 9.98. The number of aromatic hydroxyl groups is 1. The van der Waals surface area contributed by atoms with Gasteiger partial charge in [0.1, 0.15) is 5.58 Å². The van der Waals surface area contributed by atoms with Crippen LogP contribution in [0.4, 0.5) is 0 Å². The standard InChI is InChI=1S/C19H14BrNO5/c1-21-16(9-3-5-12(22)14(7-9)25-2)15-17(23)11-8-10(20)4-6-13(11)26-18(15)19(21)24/h3-8,16,22H,1-2H3. The van der Waals surface area contributed by atoms with Gasteiger partial charge in [-0.2, -0.15) is 0 Å². The number of halogens is 1. The van der Waals surface area contributed by atoms with E-state index in [0.717, 1.165) is 4.47 Å². The highest BCUT2D eigenvalue weighted by Crippen LogP contribution is 2.39. The highest BCUT2D eigenvalue weighted by atomic mass is 79.9. The molecule has 0 saturated heterocycles. The van der Waals surface area contributed by atoms with Crippen molar-refractivity contribution in [3.63, 3.8) is 0 Å². The number of hydrogen-bond donors (Lipinski definition) is 1. The van der Waals surface area contributed by atoms with E-state index in [1.54, 1.807) is 37.4 Å². The second-order valence-electron chi connectivity index (χ2n) is 6.06. The molecule has 1 atom stereocenters. The molecule has 1 unspecified atom stereocenters. The molecule has 0 fully saturated rings. The van der Waals surface area contributed by atoms with Gasteiger partial charge in [0.05, 0.1) is 24.1 Å². The fraction of sp³-hybridized carbons (Fsp3) is 0.158. The number of carbonyl (C=O) groups excluding carboxylic acids is 1. The predicted octanol–water partition coefficient (Wildman–Crippen LogP) is 3.44. The molecule has 0 radical (unpaired) electrons. The number of methoxy groups -OCH3 is 1. The Balaban J connectivity index is 2.01. The van der Waals surface area contributed by atoms with E-state index in [0.29, 0.717) is 16.5 Å². The Hall–Kier alpha value is -2.80. The molecular weight excluding hydrogens is 402 g/mol. The smallest absolute Gasteiger partial charge is 0.290 e. The number of phenolic OH excluding ortho intramolecular Hbond substituents is 1.